The third kappa shape index (κ3) is 6.25. The smallest absolute Gasteiger partial charge is 0.410 e. The molecule has 1 saturated heterocycles. The molecule has 1 atom stereocenters. The van der Waals surface area contributed by atoms with E-state index in [4.69, 9.17) is 27.2 Å². The molecule has 3 heterocycles. The van der Waals surface area contributed by atoms with Crippen molar-refractivity contribution >= 4 is 29.4 Å². The van der Waals surface area contributed by atoms with Crippen LogP contribution in [0.25, 0.3) is 11.3 Å². The zero-order valence-corrected chi connectivity index (χ0v) is 22.5. The fraction of sp³-hybridized carbons (Fsp3) is 0.462. The van der Waals surface area contributed by atoms with Crippen LogP contribution in [0.5, 0.6) is 0 Å². The molecule has 0 spiro atoms. The van der Waals surface area contributed by atoms with Gasteiger partial charge in [-0.2, -0.15) is 10.2 Å². The first-order valence-electron chi connectivity index (χ1n) is 12.4. The number of rotatable bonds is 6. The lowest BCUT2D eigenvalue weighted by Gasteiger charge is -2.26. The number of ether oxygens (including phenoxy) is 1. The maximum Gasteiger partial charge on any atom is 0.410 e. The minimum atomic E-state index is -0.572. The number of amides is 2. The number of carbonyl (C=O) groups excluding carboxylic acids is 2. The molecule has 0 saturated carbocycles. The van der Waals surface area contributed by atoms with E-state index in [9.17, 15) is 9.59 Å². The zero-order chi connectivity index (χ0) is 26.7. The van der Waals surface area contributed by atoms with Crippen LogP contribution >= 0.6 is 11.6 Å². The summed E-state index contributed by atoms with van der Waals surface area (Å²) < 4.78 is 9.16. The Bertz CT molecular complexity index is 1280. The van der Waals surface area contributed by atoms with Crippen LogP contribution in [0.3, 0.4) is 0 Å². The van der Waals surface area contributed by atoms with Crippen molar-refractivity contribution in [2.75, 3.05) is 25.5 Å². The first-order chi connectivity index (χ1) is 17.6. The maximum absolute atomic E-state index is 12.6. The topological polar surface area (TPSA) is 120 Å². The molecular formula is C26H34ClN7O3. The summed E-state index contributed by atoms with van der Waals surface area (Å²) in [6.07, 6.45) is 5.46. The quantitative estimate of drug-likeness (QED) is 0.485. The van der Waals surface area contributed by atoms with Gasteiger partial charge in [0.2, 0.25) is 0 Å². The van der Waals surface area contributed by atoms with Crippen molar-refractivity contribution in [3.8, 4) is 11.3 Å². The number of nitrogens with zero attached hydrogens (tertiary/aromatic N) is 5. The number of aromatic nitrogens is 4. The summed E-state index contributed by atoms with van der Waals surface area (Å²) in [4.78, 5) is 26.9. The summed E-state index contributed by atoms with van der Waals surface area (Å²) in [5, 5.41) is 13.1. The number of anilines is 1. The van der Waals surface area contributed by atoms with E-state index < -0.39 is 11.5 Å². The highest BCUT2D eigenvalue weighted by Crippen LogP contribution is 2.34. The van der Waals surface area contributed by atoms with Crippen LogP contribution in [0.2, 0.25) is 5.02 Å². The number of nitrogens with one attached hydrogen (secondary N) is 1. The Morgan fingerprint density at radius 3 is 2.70 bits per heavy atom. The molecule has 198 valence electrons. The van der Waals surface area contributed by atoms with E-state index in [0.29, 0.717) is 53.7 Å². The van der Waals surface area contributed by atoms with Gasteiger partial charge in [0.15, 0.2) is 0 Å². The summed E-state index contributed by atoms with van der Waals surface area (Å²) in [6.45, 7) is 7.24. The maximum atomic E-state index is 12.6. The summed E-state index contributed by atoms with van der Waals surface area (Å²) in [5.74, 6) is -0.0157. The van der Waals surface area contributed by atoms with Crippen molar-refractivity contribution in [1.82, 2.24) is 24.5 Å². The predicted molar refractivity (Wildman–Crippen MR) is 143 cm³/mol. The Labute approximate surface area is 221 Å². The molecule has 3 aromatic rings. The van der Waals surface area contributed by atoms with Gasteiger partial charge in [0.05, 0.1) is 18.8 Å². The molecule has 0 unspecified atom stereocenters. The molecule has 1 aromatic carbocycles. The van der Waals surface area contributed by atoms with Gasteiger partial charge in [0.25, 0.3) is 5.91 Å². The average molecular weight is 528 g/mol. The highest BCUT2D eigenvalue weighted by atomic mass is 35.5. The van der Waals surface area contributed by atoms with Crippen molar-refractivity contribution in [2.45, 2.75) is 58.2 Å². The van der Waals surface area contributed by atoms with E-state index >= 15 is 0 Å². The Morgan fingerprint density at radius 1 is 1.24 bits per heavy atom. The number of hydrogen-bond donors (Lipinski definition) is 2. The number of nitrogens with two attached hydrogens (primary N) is 1. The lowest BCUT2D eigenvalue weighted by molar-refractivity contribution is 0.0255. The fourth-order valence-corrected chi connectivity index (χ4v) is 4.81. The number of likely N-dealkylation sites (tertiary alicyclic amines) is 1. The Morgan fingerprint density at radius 2 is 2.03 bits per heavy atom. The van der Waals surface area contributed by atoms with Gasteiger partial charge in [0.1, 0.15) is 22.7 Å². The Hall–Kier alpha value is -3.53. The lowest BCUT2D eigenvalue weighted by Crippen LogP contribution is -2.37. The molecule has 0 radical (unpaired) electrons. The molecule has 11 heteroatoms. The third-order valence-electron chi connectivity index (χ3n) is 6.23. The summed E-state index contributed by atoms with van der Waals surface area (Å²) in [7, 11) is 1.75. The lowest BCUT2D eigenvalue weighted by atomic mass is 10.1. The zero-order valence-electron chi connectivity index (χ0n) is 21.7. The van der Waals surface area contributed by atoms with Crippen LogP contribution in [0.4, 0.5) is 10.6 Å². The fourth-order valence-electron chi connectivity index (χ4n) is 4.60. The first-order valence-corrected chi connectivity index (χ1v) is 12.8. The summed E-state index contributed by atoms with van der Waals surface area (Å²) in [6, 6.07) is 7.56. The molecule has 0 aliphatic carbocycles. The number of carbonyl (C=O) groups is 2. The molecule has 37 heavy (non-hydrogen) atoms. The molecule has 4 rings (SSSR count). The van der Waals surface area contributed by atoms with E-state index in [1.807, 2.05) is 55.9 Å². The molecule has 2 amide bonds. The van der Waals surface area contributed by atoms with Gasteiger partial charge in [-0.1, -0.05) is 23.7 Å². The van der Waals surface area contributed by atoms with Gasteiger partial charge in [-0.05, 0) is 57.7 Å². The second-order valence-electron chi connectivity index (χ2n) is 10.2. The molecule has 10 nitrogen and oxygen atoms in total. The van der Waals surface area contributed by atoms with Crippen LogP contribution < -0.4 is 11.1 Å². The minimum absolute atomic E-state index is 0.0248. The molecule has 0 bridgehead atoms. The van der Waals surface area contributed by atoms with Crippen LogP contribution in [0, 0.1) is 0 Å². The van der Waals surface area contributed by atoms with E-state index in [1.54, 1.807) is 22.8 Å². The van der Waals surface area contributed by atoms with Crippen LogP contribution in [0.15, 0.2) is 36.7 Å². The van der Waals surface area contributed by atoms with Gasteiger partial charge in [-0.15, -0.1) is 0 Å². The first kappa shape index (κ1) is 26.5. The van der Waals surface area contributed by atoms with Gasteiger partial charge in [-0.25, -0.2) is 9.48 Å². The predicted octanol–water partition coefficient (Wildman–Crippen LogP) is 4.55. The van der Waals surface area contributed by atoms with Gasteiger partial charge in [-0.3, -0.25) is 9.48 Å². The summed E-state index contributed by atoms with van der Waals surface area (Å²) in [5.41, 5.74) is 7.77. The molecule has 1 fully saturated rings. The molecule has 1 aliphatic rings. The molecular weight excluding hydrogens is 494 g/mol. The van der Waals surface area contributed by atoms with E-state index in [2.05, 4.69) is 10.4 Å². The second kappa shape index (κ2) is 10.8. The largest absolute Gasteiger partial charge is 0.444 e. The normalized spacial score (nSPS) is 16.4. The van der Waals surface area contributed by atoms with Crippen molar-refractivity contribution < 1.29 is 14.3 Å². The van der Waals surface area contributed by atoms with Gasteiger partial charge < -0.3 is 20.7 Å². The van der Waals surface area contributed by atoms with Crippen LogP contribution in [-0.4, -0.2) is 62.2 Å². The third-order valence-corrected chi connectivity index (χ3v) is 6.46. The number of hydrogen-bond acceptors (Lipinski definition) is 6. The van der Waals surface area contributed by atoms with Gasteiger partial charge >= 0.3 is 6.09 Å². The van der Waals surface area contributed by atoms with E-state index in [0.717, 1.165) is 18.4 Å². The monoisotopic (exact) mass is 527 g/mol. The molecule has 2 aromatic heterocycles. The number of primary amides is 1. The standard InChI is InChI=1S/C26H34ClN7O3/c1-26(2,3)37-25(36)32-11-6-9-20(10-12-32)34-24(29-4)21(23(28)35)22(31-34)18-14-30-33(16-18)15-17-7-5-8-19(27)13-17/h5,7-8,13-14,16,20,29H,6,9-12,15H2,1-4H3,(H2,28,35)/t20-/m0/s1. The highest BCUT2D eigenvalue weighted by molar-refractivity contribution is 6.30. The van der Waals surface area contributed by atoms with Gasteiger partial charge in [0, 0.05) is 36.9 Å². The molecule has 3 N–H and O–H groups in total. The van der Waals surface area contributed by atoms with E-state index in [1.165, 1.54) is 0 Å². The van der Waals surface area contributed by atoms with Crippen molar-refractivity contribution in [2.24, 2.45) is 5.73 Å². The van der Waals surface area contributed by atoms with E-state index in [-0.39, 0.29) is 12.1 Å². The van der Waals surface area contributed by atoms with Crippen LogP contribution in [-0.2, 0) is 11.3 Å². The summed E-state index contributed by atoms with van der Waals surface area (Å²) >= 11 is 6.11. The number of halogens is 1. The van der Waals surface area contributed by atoms with Crippen molar-refractivity contribution in [1.29, 1.82) is 0 Å². The molecule has 1 aliphatic heterocycles. The Balaban J connectivity index is 1.59. The average Bonchev–Trinajstić information content (AvgIpc) is 3.34. The SMILES string of the molecule is CNc1c(C(N)=O)c(-c2cnn(Cc3cccc(Cl)c3)c2)nn1[C@H]1CCCN(C(=O)OC(C)(C)C)CC1. The van der Waals surface area contributed by atoms with Crippen LogP contribution in [0.1, 0.15) is 62.0 Å². The Kier molecular flexibility index (Phi) is 7.77. The van der Waals surface area contributed by atoms with Crippen molar-refractivity contribution in [3.63, 3.8) is 0 Å². The van der Waals surface area contributed by atoms with Crippen molar-refractivity contribution in [3.05, 3.63) is 52.8 Å². The highest BCUT2D eigenvalue weighted by Gasteiger charge is 2.30. The number of benzene rings is 1. The second-order valence-corrected chi connectivity index (χ2v) is 10.7. The minimum Gasteiger partial charge on any atom is -0.444 e.